The number of benzene rings is 1. The van der Waals surface area contributed by atoms with E-state index in [1.165, 1.54) is 12.0 Å². The smallest absolute Gasteiger partial charge is 0.174 e. The molecule has 102 valence electrons. The van der Waals surface area contributed by atoms with Crippen molar-refractivity contribution in [2.45, 2.75) is 31.8 Å². The summed E-state index contributed by atoms with van der Waals surface area (Å²) in [5.41, 5.74) is 1.22. The molecule has 1 saturated heterocycles. The van der Waals surface area contributed by atoms with Gasteiger partial charge < -0.3 is 14.8 Å². The molecule has 4 heteroatoms. The summed E-state index contributed by atoms with van der Waals surface area (Å²) in [4.78, 5) is 0. The fourth-order valence-corrected chi connectivity index (χ4v) is 2.29. The molecule has 0 spiro atoms. The van der Waals surface area contributed by atoms with E-state index in [4.69, 9.17) is 14.7 Å². The van der Waals surface area contributed by atoms with Crippen molar-refractivity contribution in [3.05, 3.63) is 29.8 Å². The van der Waals surface area contributed by atoms with Crippen molar-refractivity contribution < 1.29 is 9.47 Å². The van der Waals surface area contributed by atoms with E-state index >= 15 is 0 Å². The Labute approximate surface area is 114 Å². The van der Waals surface area contributed by atoms with Crippen molar-refractivity contribution in [3.8, 4) is 11.8 Å². The van der Waals surface area contributed by atoms with Gasteiger partial charge in [0.15, 0.2) is 6.61 Å². The Morgan fingerprint density at radius 2 is 2.26 bits per heavy atom. The topological polar surface area (TPSA) is 54.3 Å². The van der Waals surface area contributed by atoms with Crippen LogP contribution in [0.5, 0.6) is 5.75 Å². The third-order valence-electron chi connectivity index (χ3n) is 3.33. The monoisotopic (exact) mass is 260 g/mol. The molecule has 0 aliphatic carbocycles. The maximum atomic E-state index is 8.46. The van der Waals surface area contributed by atoms with Gasteiger partial charge in [0.05, 0.1) is 6.61 Å². The number of nitrogens with one attached hydrogen (secondary N) is 1. The molecule has 1 aromatic rings. The van der Waals surface area contributed by atoms with Gasteiger partial charge in [-0.3, -0.25) is 0 Å². The van der Waals surface area contributed by atoms with E-state index in [0.717, 1.165) is 25.4 Å². The van der Waals surface area contributed by atoms with E-state index < -0.39 is 0 Å². The molecule has 1 aromatic carbocycles. The minimum Gasteiger partial charge on any atom is -0.479 e. The second-order valence-corrected chi connectivity index (χ2v) is 4.82. The molecule has 19 heavy (non-hydrogen) atoms. The van der Waals surface area contributed by atoms with Gasteiger partial charge in [-0.05, 0) is 37.5 Å². The fraction of sp³-hybridized carbons (Fsp3) is 0.533. The summed E-state index contributed by atoms with van der Waals surface area (Å²) in [7, 11) is 0. The van der Waals surface area contributed by atoms with E-state index in [9.17, 15) is 0 Å². The zero-order chi connectivity index (χ0) is 13.5. The Hall–Kier alpha value is -1.57. The fourth-order valence-electron chi connectivity index (χ4n) is 2.29. The van der Waals surface area contributed by atoms with Crippen molar-refractivity contribution >= 4 is 0 Å². The van der Waals surface area contributed by atoms with Crippen LogP contribution in [0.3, 0.4) is 0 Å². The van der Waals surface area contributed by atoms with Gasteiger partial charge in [-0.1, -0.05) is 12.1 Å². The highest BCUT2D eigenvalue weighted by molar-refractivity contribution is 5.29. The maximum absolute atomic E-state index is 8.46. The summed E-state index contributed by atoms with van der Waals surface area (Å²) in [6.07, 6.45) is 2.30. The third-order valence-corrected chi connectivity index (χ3v) is 3.33. The first-order valence-electron chi connectivity index (χ1n) is 6.73. The molecule has 1 fully saturated rings. The number of hydrogen-bond acceptors (Lipinski definition) is 4. The average molecular weight is 260 g/mol. The Kier molecular flexibility index (Phi) is 5.20. The van der Waals surface area contributed by atoms with Gasteiger partial charge in [-0.15, -0.1) is 0 Å². The van der Waals surface area contributed by atoms with Crippen LogP contribution < -0.4 is 10.1 Å². The van der Waals surface area contributed by atoms with E-state index in [-0.39, 0.29) is 12.6 Å². The predicted molar refractivity (Wildman–Crippen MR) is 72.9 cm³/mol. The lowest BCUT2D eigenvalue weighted by molar-refractivity contribution is 0.0671. The SMILES string of the molecule is CC(NC1CCCOC1)c1ccc(OCC#N)cc1. The second-order valence-electron chi connectivity index (χ2n) is 4.82. The van der Waals surface area contributed by atoms with Crippen LogP contribution >= 0.6 is 0 Å². The summed E-state index contributed by atoms with van der Waals surface area (Å²) in [6, 6.07) is 10.6. The van der Waals surface area contributed by atoms with Crippen LogP contribution in [0.4, 0.5) is 0 Å². The van der Waals surface area contributed by atoms with Crippen molar-refractivity contribution in [1.82, 2.24) is 5.32 Å². The molecule has 1 heterocycles. The minimum absolute atomic E-state index is 0.0898. The quantitative estimate of drug-likeness (QED) is 0.883. The van der Waals surface area contributed by atoms with E-state index in [2.05, 4.69) is 12.2 Å². The Morgan fingerprint density at radius 1 is 1.47 bits per heavy atom. The Balaban J connectivity index is 1.87. The summed E-state index contributed by atoms with van der Waals surface area (Å²) >= 11 is 0. The molecular weight excluding hydrogens is 240 g/mol. The highest BCUT2D eigenvalue weighted by Crippen LogP contribution is 2.19. The Morgan fingerprint density at radius 3 is 2.89 bits per heavy atom. The zero-order valence-corrected chi connectivity index (χ0v) is 11.3. The second kappa shape index (κ2) is 7.13. The number of hydrogen-bond donors (Lipinski definition) is 1. The lowest BCUT2D eigenvalue weighted by Crippen LogP contribution is -2.38. The minimum atomic E-state index is 0.0898. The van der Waals surface area contributed by atoms with Crippen molar-refractivity contribution in [1.29, 1.82) is 5.26 Å². The van der Waals surface area contributed by atoms with E-state index in [1.807, 2.05) is 30.3 Å². The predicted octanol–water partition coefficient (Wildman–Crippen LogP) is 2.42. The average Bonchev–Trinajstić information content (AvgIpc) is 2.46. The summed E-state index contributed by atoms with van der Waals surface area (Å²) < 4.78 is 10.7. The summed E-state index contributed by atoms with van der Waals surface area (Å²) in [5, 5.41) is 12.0. The van der Waals surface area contributed by atoms with Gasteiger partial charge in [0, 0.05) is 18.7 Å². The molecule has 0 aromatic heterocycles. The normalized spacial score (nSPS) is 20.5. The van der Waals surface area contributed by atoms with Crippen LogP contribution in [0.1, 0.15) is 31.4 Å². The molecule has 0 bridgehead atoms. The van der Waals surface area contributed by atoms with Gasteiger partial charge >= 0.3 is 0 Å². The van der Waals surface area contributed by atoms with Gasteiger partial charge in [0.2, 0.25) is 0 Å². The molecule has 4 nitrogen and oxygen atoms in total. The lowest BCUT2D eigenvalue weighted by atomic mass is 10.0. The first-order chi connectivity index (χ1) is 9.29. The van der Waals surface area contributed by atoms with Crippen LogP contribution in [0.2, 0.25) is 0 Å². The summed E-state index contributed by atoms with van der Waals surface area (Å²) in [5.74, 6) is 0.735. The summed E-state index contributed by atoms with van der Waals surface area (Å²) in [6.45, 7) is 3.93. The van der Waals surface area contributed by atoms with Gasteiger partial charge in [0.25, 0.3) is 0 Å². The molecular formula is C15H20N2O2. The first-order valence-corrected chi connectivity index (χ1v) is 6.73. The molecule has 1 aliphatic heterocycles. The molecule has 0 amide bonds. The molecule has 1 aliphatic rings. The van der Waals surface area contributed by atoms with Crippen molar-refractivity contribution in [3.63, 3.8) is 0 Å². The molecule has 1 N–H and O–H groups in total. The van der Waals surface area contributed by atoms with Crippen LogP contribution in [-0.4, -0.2) is 25.9 Å². The standard InChI is InChI=1S/C15H20N2O2/c1-12(17-14-3-2-9-18-11-14)13-4-6-15(7-5-13)19-10-8-16/h4-7,12,14,17H,2-3,9-11H2,1H3. The van der Waals surface area contributed by atoms with Gasteiger partial charge in [-0.2, -0.15) is 5.26 Å². The highest BCUT2D eigenvalue weighted by atomic mass is 16.5. The van der Waals surface area contributed by atoms with Crippen LogP contribution in [-0.2, 0) is 4.74 Å². The van der Waals surface area contributed by atoms with Crippen molar-refractivity contribution in [2.24, 2.45) is 0 Å². The maximum Gasteiger partial charge on any atom is 0.174 e. The number of nitriles is 1. The molecule has 2 atom stereocenters. The van der Waals surface area contributed by atoms with Crippen molar-refractivity contribution in [2.75, 3.05) is 19.8 Å². The van der Waals surface area contributed by atoms with Gasteiger partial charge in [0.1, 0.15) is 11.8 Å². The highest BCUT2D eigenvalue weighted by Gasteiger charge is 2.16. The van der Waals surface area contributed by atoms with Crippen LogP contribution in [0.15, 0.2) is 24.3 Å². The van der Waals surface area contributed by atoms with Crippen LogP contribution in [0.25, 0.3) is 0 Å². The molecule has 0 radical (unpaired) electrons. The number of rotatable bonds is 5. The van der Waals surface area contributed by atoms with E-state index in [0.29, 0.717) is 6.04 Å². The zero-order valence-electron chi connectivity index (χ0n) is 11.3. The Bertz CT molecular complexity index is 419. The number of nitrogens with zero attached hydrogens (tertiary/aromatic N) is 1. The third kappa shape index (κ3) is 4.23. The lowest BCUT2D eigenvalue weighted by Gasteiger charge is -2.27. The largest absolute Gasteiger partial charge is 0.479 e. The first kappa shape index (κ1) is 13.9. The van der Waals surface area contributed by atoms with Crippen LogP contribution in [0, 0.1) is 11.3 Å². The number of ether oxygens (including phenoxy) is 2. The van der Waals surface area contributed by atoms with E-state index in [1.54, 1.807) is 0 Å². The molecule has 0 saturated carbocycles. The molecule has 2 rings (SSSR count). The molecule has 2 unspecified atom stereocenters. The van der Waals surface area contributed by atoms with Gasteiger partial charge in [-0.25, -0.2) is 0 Å².